The summed E-state index contributed by atoms with van der Waals surface area (Å²) >= 11 is 0. The SMILES string of the molecule is CC1C(C)C12CCC(C)(O)CC2. The van der Waals surface area contributed by atoms with E-state index in [1.54, 1.807) is 0 Å². The van der Waals surface area contributed by atoms with Crippen molar-refractivity contribution in [3.05, 3.63) is 0 Å². The highest BCUT2D eigenvalue weighted by Gasteiger charge is 2.60. The lowest BCUT2D eigenvalue weighted by Gasteiger charge is -2.34. The minimum atomic E-state index is -0.354. The number of rotatable bonds is 0. The molecule has 0 radical (unpaired) electrons. The van der Waals surface area contributed by atoms with Crippen molar-refractivity contribution in [1.82, 2.24) is 0 Å². The first kappa shape index (κ1) is 8.55. The molecular formula is C11H20O. The highest BCUT2D eigenvalue weighted by molar-refractivity contribution is 5.09. The summed E-state index contributed by atoms with van der Waals surface area (Å²) in [4.78, 5) is 0. The first-order valence-electron chi connectivity index (χ1n) is 5.20. The zero-order valence-electron chi connectivity index (χ0n) is 8.43. The summed E-state index contributed by atoms with van der Waals surface area (Å²) in [7, 11) is 0. The molecule has 1 N–H and O–H groups in total. The standard InChI is InChI=1S/C11H20O/c1-8-9(2)11(8)6-4-10(3,12)5-7-11/h8-9,12H,4-7H2,1-3H3. The lowest BCUT2D eigenvalue weighted by molar-refractivity contribution is -0.000929. The average molecular weight is 168 g/mol. The molecule has 2 atom stereocenters. The third-order valence-electron chi connectivity index (χ3n) is 4.71. The second-order valence-electron chi connectivity index (χ2n) is 5.31. The lowest BCUT2D eigenvalue weighted by Crippen LogP contribution is -2.32. The second-order valence-corrected chi connectivity index (χ2v) is 5.31. The highest BCUT2D eigenvalue weighted by Crippen LogP contribution is 2.66. The van der Waals surface area contributed by atoms with Crippen molar-refractivity contribution < 1.29 is 5.11 Å². The van der Waals surface area contributed by atoms with Crippen LogP contribution in [0.25, 0.3) is 0 Å². The Morgan fingerprint density at radius 2 is 1.42 bits per heavy atom. The summed E-state index contributed by atoms with van der Waals surface area (Å²) in [6.07, 6.45) is 4.54. The Morgan fingerprint density at radius 1 is 1.00 bits per heavy atom. The topological polar surface area (TPSA) is 20.2 Å². The summed E-state index contributed by atoms with van der Waals surface area (Å²) < 4.78 is 0. The van der Waals surface area contributed by atoms with Crippen molar-refractivity contribution in [3.63, 3.8) is 0 Å². The quantitative estimate of drug-likeness (QED) is 0.589. The van der Waals surface area contributed by atoms with E-state index in [2.05, 4.69) is 13.8 Å². The summed E-state index contributed by atoms with van der Waals surface area (Å²) in [5.41, 5.74) is 0.287. The highest BCUT2D eigenvalue weighted by atomic mass is 16.3. The Balaban J connectivity index is 2.01. The fourth-order valence-corrected chi connectivity index (χ4v) is 3.11. The average Bonchev–Trinajstić information content (AvgIpc) is 2.50. The Hall–Kier alpha value is -0.0400. The van der Waals surface area contributed by atoms with Crippen molar-refractivity contribution in [2.45, 2.75) is 52.1 Å². The maximum absolute atomic E-state index is 9.81. The predicted molar refractivity (Wildman–Crippen MR) is 49.9 cm³/mol. The Morgan fingerprint density at radius 3 is 1.75 bits per heavy atom. The van der Waals surface area contributed by atoms with Crippen molar-refractivity contribution in [2.75, 3.05) is 0 Å². The molecule has 2 saturated carbocycles. The number of hydrogen-bond acceptors (Lipinski definition) is 1. The first-order valence-corrected chi connectivity index (χ1v) is 5.20. The van der Waals surface area contributed by atoms with Gasteiger partial charge in [0, 0.05) is 0 Å². The molecule has 0 aromatic carbocycles. The van der Waals surface area contributed by atoms with Gasteiger partial charge in [-0.2, -0.15) is 0 Å². The Bertz CT molecular complexity index is 175. The molecule has 0 bridgehead atoms. The van der Waals surface area contributed by atoms with Crippen molar-refractivity contribution in [2.24, 2.45) is 17.3 Å². The van der Waals surface area contributed by atoms with E-state index in [1.807, 2.05) is 6.92 Å². The molecule has 1 spiro atoms. The number of aliphatic hydroxyl groups is 1. The van der Waals surface area contributed by atoms with E-state index in [0.29, 0.717) is 5.41 Å². The van der Waals surface area contributed by atoms with E-state index in [0.717, 1.165) is 24.7 Å². The maximum Gasteiger partial charge on any atom is 0.0620 e. The zero-order chi connectivity index (χ0) is 8.98. The van der Waals surface area contributed by atoms with Gasteiger partial charge in [-0.05, 0) is 49.9 Å². The maximum atomic E-state index is 9.81. The van der Waals surface area contributed by atoms with E-state index in [9.17, 15) is 5.11 Å². The van der Waals surface area contributed by atoms with Crippen LogP contribution in [-0.4, -0.2) is 10.7 Å². The van der Waals surface area contributed by atoms with Crippen LogP contribution in [0.15, 0.2) is 0 Å². The van der Waals surface area contributed by atoms with Crippen LogP contribution in [0.4, 0.5) is 0 Å². The molecule has 2 fully saturated rings. The molecule has 2 aliphatic carbocycles. The van der Waals surface area contributed by atoms with Crippen LogP contribution in [0.2, 0.25) is 0 Å². The van der Waals surface area contributed by atoms with E-state index in [4.69, 9.17) is 0 Å². The Labute approximate surface area is 75.2 Å². The van der Waals surface area contributed by atoms with Crippen molar-refractivity contribution in [3.8, 4) is 0 Å². The van der Waals surface area contributed by atoms with Crippen LogP contribution in [0, 0.1) is 17.3 Å². The molecule has 2 aliphatic rings. The molecular weight excluding hydrogens is 148 g/mol. The van der Waals surface area contributed by atoms with Crippen LogP contribution in [0.3, 0.4) is 0 Å². The van der Waals surface area contributed by atoms with E-state index in [1.165, 1.54) is 12.8 Å². The van der Waals surface area contributed by atoms with E-state index >= 15 is 0 Å². The van der Waals surface area contributed by atoms with Crippen molar-refractivity contribution in [1.29, 1.82) is 0 Å². The largest absolute Gasteiger partial charge is 0.390 e. The van der Waals surface area contributed by atoms with Gasteiger partial charge in [0.25, 0.3) is 0 Å². The Kier molecular flexibility index (Phi) is 1.61. The molecule has 0 heterocycles. The van der Waals surface area contributed by atoms with Gasteiger partial charge in [0.05, 0.1) is 5.60 Å². The van der Waals surface area contributed by atoms with Gasteiger partial charge in [0.1, 0.15) is 0 Å². The molecule has 12 heavy (non-hydrogen) atoms. The third kappa shape index (κ3) is 1.02. The third-order valence-corrected chi connectivity index (χ3v) is 4.71. The summed E-state index contributed by atoms with van der Waals surface area (Å²) in [5, 5.41) is 9.81. The van der Waals surface area contributed by atoms with Gasteiger partial charge in [-0.1, -0.05) is 13.8 Å². The van der Waals surface area contributed by atoms with Crippen LogP contribution < -0.4 is 0 Å². The van der Waals surface area contributed by atoms with Crippen LogP contribution in [0.5, 0.6) is 0 Å². The van der Waals surface area contributed by atoms with Gasteiger partial charge in [-0.15, -0.1) is 0 Å². The molecule has 0 amide bonds. The number of hydrogen-bond donors (Lipinski definition) is 1. The van der Waals surface area contributed by atoms with Gasteiger partial charge in [0.2, 0.25) is 0 Å². The van der Waals surface area contributed by atoms with Gasteiger partial charge < -0.3 is 5.11 Å². The lowest BCUT2D eigenvalue weighted by atomic mass is 9.76. The fraction of sp³-hybridized carbons (Fsp3) is 1.00. The molecule has 1 heteroatoms. The smallest absolute Gasteiger partial charge is 0.0620 e. The molecule has 0 saturated heterocycles. The first-order chi connectivity index (χ1) is 5.48. The van der Waals surface area contributed by atoms with E-state index in [-0.39, 0.29) is 5.60 Å². The molecule has 2 rings (SSSR count). The molecule has 2 unspecified atom stereocenters. The fourth-order valence-electron chi connectivity index (χ4n) is 3.11. The van der Waals surface area contributed by atoms with Crippen LogP contribution in [0.1, 0.15) is 46.5 Å². The normalized spacial score (nSPS) is 59.0. The van der Waals surface area contributed by atoms with Crippen LogP contribution >= 0.6 is 0 Å². The molecule has 1 nitrogen and oxygen atoms in total. The molecule has 0 aliphatic heterocycles. The molecule has 0 aromatic rings. The second kappa shape index (κ2) is 2.25. The zero-order valence-corrected chi connectivity index (χ0v) is 8.43. The predicted octanol–water partition coefficient (Wildman–Crippen LogP) is 2.58. The van der Waals surface area contributed by atoms with Crippen LogP contribution in [-0.2, 0) is 0 Å². The van der Waals surface area contributed by atoms with Gasteiger partial charge >= 0.3 is 0 Å². The van der Waals surface area contributed by atoms with E-state index < -0.39 is 0 Å². The summed E-state index contributed by atoms with van der Waals surface area (Å²) in [6, 6.07) is 0. The molecule has 70 valence electrons. The van der Waals surface area contributed by atoms with Gasteiger partial charge in [-0.3, -0.25) is 0 Å². The van der Waals surface area contributed by atoms with Crippen molar-refractivity contribution >= 4 is 0 Å². The van der Waals surface area contributed by atoms with Gasteiger partial charge in [-0.25, -0.2) is 0 Å². The summed E-state index contributed by atoms with van der Waals surface area (Å²) in [5.74, 6) is 1.82. The van der Waals surface area contributed by atoms with Gasteiger partial charge in [0.15, 0.2) is 0 Å². The molecule has 0 aromatic heterocycles. The minimum absolute atomic E-state index is 0.354. The minimum Gasteiger partial charge on any atom is -0.390 e. The summed E-state index contributed by atoms with van der Waals surface area (Å²) in [6.45, 7) is 6.72. The monoisotopic (exact) mass is 168 g/mol.